The standard InChI is InChI=1S/C17H14F2N4O2S/c1-2-7-23-15(24)6-5-13(22-23)16(25)21-17-20-14(9-26-17)11-8-10(18)3-4-12(11)19/h3-6,8-9H,2,7H2,1H3,(H,20,21,25). The maximum atomic E-state index is 13.8. The van der Waals surface area contributed by atoms with E-state index in [9.17, 15) is 18.4 Å². The summed E-state index contributed by atoms with van der Waals surface area (Å²) < 4.78 is 28.3. The van der Waals surface area contributed by atoms with Gasteiger partial charge >= 0.3 is 0 Å². The molecule has 0 bridgehead atoms. The van der Waals surface area contributed by atoms with Gasteiger partial charge in [0.05, 0.1) is 5.69 Å². The predicted molar refractivity (Wildman–Crippen MR) is 94.2 cm³/mol. The van der Waals surface area contributed by atoms with Gasteiger partial charge in [-0.2, -0.15) is 5.10 Å². The predicted octanol–water partition coefficient (Wildman–Crippen LogP) is 3.31. The van der Waals surface area contributed by atoms with E-state index in [4.69, 9.17) is 0 Å². The van der Waals surface area contributed by atoms with Crippen molar-refractivity contribution in [3.8, 4) is 11.3 Å². The Bertz CT molecular complexity index is 1020. The number of hydrogen-bond acceptors (Lipinski definition) is 5. The molecule has 3 rings (SSSR count). The molecule has 3 aromatic rings. The number of aromatic nitrogens is 3. The molecular formula is C17H14F2N4O2S. The van der Waals surface area contributed by atoms with Crippen LogP contribution in [0.1, 0.15) is 23.8 Å². The minimum absolute atomic E-state index is 0.0105. The van der Waals surface area contributed by atoms with Crippen molar-refractivity contribution >= 4 is 22.4 Å². The molecule has 1 aromatic carbocycles. The molecule has 0 aliphatic carbocycles. The Kier molecular flexibility index (Phi) is 5.17. The molecule has 1 N–H and O–H groups in total. The Morgan fingerprint density at radius 1 is 1.27 bits per heavy atom. The molecule has 0 unspecified atom stereocenters. The van der Waals surface area contributed by atoms with Crippen LogP contribution < -0.4 is 10.9 Å². The number of hydrogen-bond donors (Lipinski definition) is 1. The lowest BCUT2D eigenvalue weighted by molar-refractivity contribution is 0.101. The summed E-state index contributed by atoms with van der Waals surface area (Å²) in [7, 11) is 0. The summed E-state index contributed by atoms with van der Waals surface area (Å²) in [5, 5.41) is 8.28. The maximum absolute atomic E-state index is 13.8. The zero-order chi connectivity index (χ0) is 18.7. The normalized spacial score (nSPS) is 10.7. The van der Waals surface area contributed by atoms with E-state index in [-0.39, 0.29) is 27.6 Å². The van der Waals surface area contributed by atoms with Crippen LogP contribution in [0.25, 0.3) is 11.3 Å². The van der Waals surface area contributed by atoms with Gasteiger partial charge in [-0.15, -0.1) is 11.3 Å². The van der Waals surface area contributed by atoms with Gasteiger partial charge in [-0.3, -0.25) is 14.9 Å². The van der Waals surface area contributed by atoms with Crippen LogP contribution in [0.4, 0.5) is 13.9 Å². The summed E-state index contributed by atoms with van der Waals surface area (Å²) in [5.74, 6) is -1.74. The molecule has 0 atom stereocenters. The summed E-state index contributed by atoms with van der Waals surface area (Å²) in [5.41, 5.74) is -0.00386. The van der Waals surface area contributed by atoms with Crippen molar-refractivity contribution in [1.29, 1.82) is 0 Å². The maximum Gasteiger partial charge on any atom is 0.277 e. The van der Waals surface area contributed by atoms with E-state index in [1.807, 2.05) is 6.92 Å². The zero-order valence-electron chi connectivity index (χ0n) is 13.7. The Balaban J connectivity index is 1.81. The molecule has 1 amide bonds. The second-order valence-corrected chi connectivity index (χ2v) is 6.25. The lowest BCUT2D eigenvalue weighted by atomic mass is 10.1. The van der Waals surface area contributed by atoms with E-state index in [1.54, 1.807) is 0 Å². The number of nitrogens with one attached hydrogen (secondary N) is 1. The number of rotatable bonds is 5. The molecule has 2 aromatic heterocycles. The number of amides is 1. The zero-order valence-corrected chi connectivity index (χ0v) is 14.5. The molecule has 6 nitrogen and oxygen atoms in total. The van der Waals surface area contributed by atoms with Gasteiger partial charge in [0.1, 0.15) is 17.3 Å². The molecule has 2 heterocycles. The summed E-state index contributed by atoms with van der Waals surface area (Å²) in [6.45, 7) is 2.30. The van der Waals surface area contributed by atoms with Gasteiger partial charge in [0.15, 0.2) is 5.13 Å². The minimum Gasteiger partial charge on any atom is -0.296 e. The summed E-state index contributed by atoms with van der Waals surface area (Å²) in [6, 6.07) is 5.67. The third-order valence-corrected chi connectivity index (χ3v) is 4.22. The second-order valence-electron chi connectivity index (χ2n) is 5.40. The fraction of sp³-hybridized carbons (Fsp3) is 0.176. The highest BCUT2D eigenvalue weighted by Crippen LogP contribution is 2.27. The van der Waals surface area contributed by atoms with E-state index in [1.165, 1.54) is 22.2 Å². The highest BCUT2D eigenvalue weighted by atomic mass is 32.1. The molecule has 0 aliphatic heterocycles. The number of anilines is 1. The highest BCUT2D eigenvalue weighted by molar-refractivity contribution is 7.14. The van der Waals surface area contributed by atoms with Crippen LogP contribution in [-0.4, -0.2) is 20.7 Å². The third-order valence-electron chi connectivity index (χ3n) is 3.46. The van der Waals surface area contributed by atoms with Gasteiger partial charge in [0, 0.05) is 23.6 Å². The topological polar surface area (TPSA) is 76.9 Å². The number of nitrogens with zero attached hydrogens (tertiary/aromatic N) is 3. The molecule has 9 heteroatoms. The summed E-state index contributed by atoms with van der Waals surface area (Å²) in [4.78, 5) is 28.1. The molecule has 0 saturated heterocycles. The number of thiazole rings is 1. The number of carbonyl (C=O) groups excluding carboxylic acids is 1. The van der Waals surface area contributed by atoms with Crippen LogP contribution in [0.2, 0.25) is 0 Å². The van der Waals surface area contributed by atoms with Gasteiger partial charge < -0.3 is 0 Å². The van der Waals surface area contributed by atoms with Crippen molar-refractivity contribution in [2.75, 3.05) is 5.32 Å². The molecule has 0 aliphatic rings. The quantitative estimate of drug-likeness (QED) is 0.741. The van der Waals surface area contributed by atoms with Crippen LogP contribution in [0.15, 0.2) is 40.5 Å². The highest BCUT2D eigenvalue weighted by Gasteiger charge is 2.14. The molecule has 0 fully saturated rings. The SMILES string of the molecule is CCCn1nc(C(=O)Nc2nc(-c3cc(F)ccc3F)cs2)ccc1=O. The van der Waals surface area contributed by atoms with Crippen LogP contribution >= 0.6 is 11.3 Å². The van der Waals surface area contributed by atoms with Crippen LogP contribution in [-0.2, 0) is 6.54 Å². The Hall–Kier alpha value is -2.94. The number of carbonyl (C=O) groups is 1. The van der Waals surface area contributed by atoms with E-state index in [2.05, 4.69) is 15.4 Å². The lowest BCUT2D eigenvalue weighted by Crippen LogP contribution is -2.26. The van der Waals surface area contributed by atoms with E-state index >= 15 is 0 Å². The fourth-order valence-electron chi connectivity index (χ4n) is 2.25. The van der Waals surface area contributed by atoms with E-state index < -0.39 is 17.5 Å². The lowest BCUT2D eigenvalue weighted by Gasteiger charge is -2.05. The number of halogens is 2. The van der Waals surface area contributed by atoms with E-state index in [0.717, 1.165) is 29.5 Å². The Labute approximate surface area is 151 Å². The van der Waals surface area contributed by atoms with Crippen molar-refractivity contribution in [1.82, 2.24) is 14.8 Å². The van der Waals surface area contributed by atoms with Gasteiger partial charge in [0.25, 0.3) is 11.5 Å². The largest absolute Gasteiger partial charge is 0.296 e. The second kappa shape index (κ2) is 7.52. The Morgan fingerprint density at radius 3 is 2.85 bits per heavy atom. The van der Waals surface area contributed by atoms with Crippen molar-refractivity contribution in [3.63, 3.8) is 0 Å². The van der Waals surface area contributed by atoms with Crippen LogP contribution in [0, 0.1) is 11.6 Å². The molecular weight excluding hydrogens is 362 g/mol. The fourth-order valence-corrected chi connectivity index (χ4v) is 2.96. The first-order valence-corrected chi connectivity index (χ1v) is 8.66. The van der Waals surface area contributed by atoms with Gasteiger partial charge in [-0.25, -0.2) is 18.4 Å². The van der Waals surface area contributed by atoms with Crippen LogP contribution in [0.3, 0.4) is 0 Å². The molecule has 0 radical (unpaired) electrons. The van der Waals surface area contributed by atoms with Gasteiger partial charge in [-0.1, -0.05) is 6.92 Å². The number of benzene rings is 1. The smallest absolute Gasteiger partial charge is 0.277 e. The first-order chi connectivity index (χ1) is 12.5. The van der Waals surface area contributed by atoms with Crippen molar-refractivity contribution in [2.24, 2.45) is 0 Å². The summed E-state index contributed by atoms with van der Waals surface area (Å²) >= 11 is 1.07. The molecule has 134 valence electrons. The molecule has 0 saturated carbocycles. The van der Waals surface area contributed by atoms with Crippen LogP contribution in [0.5, 0.6) is 0 Å². The van der Waals surface area contributed by atoms with E-state index in [0.29, 0.717) is 13.0 Å². The first kappa shape index (κ1) is 17.9. The average Bonchev–Trinajstić information content (AvgIpc) is 3.07. The van der Waals surface area contributed by atoms with Crippen molar-refractivity contribution < 1.29 is 13.6 Å². The molecule has 26 heavy (non-hydrogen) atoms. The Morgan fingerprint density at radius 2 is 2.08 bits per heavy atom. The minimum atomic E-state index is -0.608. The van der Waals surface area contributed by atoms with Crippen molar-refractivity contribution in [3.05, 3.63) is 63.4 Å². The van der Waals surface area contributed by atoms with Gasteiger partial charge in [0.2, 0.25) is 0 Å². The first-order valence-electron chi connectivity index (χ1n) is 7.78. The monoisotopic (exact) mass is 376 g/mol. The third kappa shape index (κ3) is 3.83. The van der Waals surface area contributed by atoms with Gasteiger partial charge in [-0.05, 0) is 30.7 Å². The number of aryl methyl sites for hydroxylation is 1. The molecule has 0 spiro atoms. The summed E-state index contributed by atoms with van der Waals surface area (Å²) in [6.07, 6.45) is 0.701. The van der Waals surface area contributed by atoms with Crippen molar-refractivity contribution in [2.45, 2.75) is 19.9 Å². The average molecular weight is 376 g/mol.